The lowest BCUT2D eigenvalue weighted by atomic mass is 10.0. The van der Waals surface area contributed by atoms with Gasteiger partial charge in [0.25, 0.3) is 0 Å². The number of rotatable bonds is 6. The van der Waals surface area contributed by atoms with Gasteiger partial charge in [-0.15, -0.1) is 0 Å². The van der Waals surface area contributed by atoms with Crippen molar-refractivity contribution in [1.82, 2.24) is 0 Å². The highest BCUT2D eigenvalue weighted by molar-refractivity contribution is 5.64. The predicted octanol–water partition coefficient (Wildman–Crippen LogP) is 6.85. The minimum absolute atomic E-state index is 0.438. The highest BCUT2D eigenvalue weighted by Crippen LogP contribution is 2.35. The quantitative estimate of drug-likeness (QED) is 0.417. The molecule has 0 unspecified atom stereocenters. The maximum atomic E-state index is 14.4. The molecular weight excluding hydrogens is 375 g/mol. The Morgan fingerprint density at radius 2 is 1.43 bits per heavy atom. The lowest BCUT2D eigenvalue weighted by Crippen LogP contribution is -2.23. The van der Waals surface area contributed by atoms with Crippen LogP contribution in [0, 0.1) is 17.5 Å². The monoisotopic (exact) mass is 392 g/mol. The van der Waals surface area contributed by atoms with Crippen molar-refractivity contribution in [3.05, 3.63) is 89.2 Å². The zero-order valence-corrected chi connectivity index (χ0v) is 15.0. The van der Waals surface area contributed by atoms with Crippen molar-refractivity contribution in [3.63, 3.8) is 0 Å². The first-order valence-corrected chi connectivity index (χ1v) is 8.71. The van der Waals surface area contributed by atoms with Gasteiger partial charge >= 0.3 is 6.11 Å². The number of ether oxygens (including phenoxy) is 1. The van der Waals surface area contributed by atoms with Crippen LogP contribution in [0.5, 0.6) is 5.75 Å². The molecule has 28 heavy (non-hydrogen) atoms. The van der Waals surface area contributed by atoms with E-state index in [1.54, 1.807) is 12.1 Å². The van der Waals surface area contributed by atoms with Crippen molar-refractivity contribution in [2.45, 2.75) is 25.9 Å². The molecule has 0 spiro atoms. The number of hydrogen-bond donors (Lipinski definition) is 0. The lowest BCUT2D eigenvalue weighted by Gasteiger charge is -2.19. The van der Waals surface area contributed by atoms with Gasteiger partial charge in [-0.05, 0) is 47.4 Å². The van der Waals surface area contributed by atoms with E-state index in [2.05, 4.69) is 11.7 Å². The van der Waals surface area contributed by atoms with E-state index in [1.807, 2.05) is 12.1 Å². The number of hydrogen-bond acceptors (Lipinski definition) is 1. The Bertz CT molecular complexity index is 967. The molecule has 6 heteroatoms. The Balaban J connectivity index is 1.85. The fraction of sp³-hybridized carbons (Fsp3) is 0.182. The van der Waals surface area contributed by atoms with E-state index in [0.29, 0.717) is 23.3 Å². The van der Waals surface area contributed by atoms with Crippen LogP contribution in [0.1, 0.15) is 24.5 Å². The molecule has 0 aliphatic rings. The maximum Gasteiger partial charge on any atom is 0.429 e. The normalized spacial score (nSPS) is 11.5. The van der Waals surface area contributed by atoms with E-state index in [-0.39, 0.29) is 0 Å². The third-order valence-electron chi connectivity index (χ3n) is 4.25. The topological polar surface area (TPSA) is 9.23 Å². The molecular formula is C22H17F5O. The van der Waals surface area contributed by atoms with E-state index < -0.39 is 34.9 Å². The van der Waals surface area contributed by atoms with Crippen molar-refractivity contribution in [2.24, 2.45) is 0 Å². The number of halogens is 5. The number of alkyl halides is 2. The molecule has 0 radical (unpaired) electrons. The van der Waals surface area contributed by atoms with E-state index in [0.717, 1.165) is 36.6 Å². The van der Waals surface area contributed by atoms with Gasteiger partial charge in [0.15, 0.2) is 11.6 Å². The summed E-state index contributed by atoms with van der Waals surface area (Å²) in [6, 6.07) is 12.7. The maximum absolute atomic E-state index is 14.4. The summed E-state index contributed by atoms with van der Waals surface area (Å²) in [5, 5.41) is 0. The van der Waals surface area contributed by atoms with Gasteiger partial charge in [0.05, 0.1) is 5.56 Å². The van der Waals surface area contributed by atoms with Crippen molar-refractivity contribution < 1.29 is 26.7 Å². The van der Waals surface area contributed by atoms with Crippen molar-refractivity contribution in [2.75, 3.05) is 0 Å². The Morgan fingerprint density at radius 3 is 2.04 bits per heavy atom. The smallest absolute Gasteiger partial charge is 0.429 e. The first-order chi connectivity index (χ1) is 13.3. The molecule has 3 aromatic carbocycles. The number of benzene rings is 3. The first-order valence-electron chi connectivity index (χ1n) is 8.71. The zero-order valence-electron chi connectivity index (χ0n) is 15.0. The summed E-state index contributed by atoms with van der Waals surface area (Å²) in [4.78, 5) is 0. The SMILES string of the molecule is CCCc1ccc(-c2ccc(C(F)(F)Oc3ccc(F)c(F)c3)c(F)c2)cc1. The second kappa shape index (κ2) is 8.00. The molecule has 0 amide bonds. The summed E-state index contributed by atoms with van der Waals surface area (Å²) < 4.78 is 73.5. The summed E-state index contributed by atoms with van der Waals surface area (Å²) in [7, 11) is 0. The molecule has 0 aliphatic heterocycles. The van der Waals surface area contributed by atoms with E-state index in [1.165, 1.54) is 6.07 Å². The average molecular weight is 392 g/mol. The van der Waals surface area contributed by atoms with E-state index in [4.69, 9.17) is 0 Å². The molecule has 0 aliphatic carbocycles. The predicted molar refractivity (Wildman–Crippen MR) is 96.7 cm³/mol. The highest BCUT2D eigenvalue weighted by Gasteiger charge is 2.38. The van der Waals surface area contributed by atoms with Gasteiger partial charge in [-0.1, -0.05) is 43.7 Å². The van der Waals surface area contributed by atoms with Crippen LogP contribution >= 0.6 is 0 Å². The molecule has 0 saturated heterocycles. The van der Waals surface area contributed by atoms with Crippen LogP contribution in [0.3, 0.4) is 0 Å². The number of aryl methyl sites for hydroxylation is 1. The third kappa shape index (κ3) is 4.32. The summed E-state index contributed by atoms with van der Waals surface area (Å²) in [5.74, 6) is -4.31. The molecule has 0 heterocycles. The highest BCUT2D eigenvalue weighted by atomic mass is 19.3. The molecule has 3 aromatic rings. The molecule has 0 saturated carbocycles. The Labute approximate surface area is 159 Å². The fourth-order valence-corrected chi connectivity index (χ4v) is 2.83. The molecule has 1 nitrogen and oxygen atoms in total. The molecule has 146 valence electrons. The Hall–Kier alpha value is -2.89. The average Bonchev–Trinajstić information content (AvgIpc) is 2.65. The largest absolute Gasteiger partial charge is 0.429 e. The van der Waals surface area contributed by atoms with Gasteiger partial charge in [-0.3, -0.25) is 0 Å². The molecule has 0 bridgehead atoms. The van der Waals surface area contributed by atoms with Gasteiger partial charge in [-0.2, -0.15) is 8.78 Å². The minimum atomic E-state index is -4.06. The standard InChI is InChI=1S/C22H17F5O/c1-2-3-14-4-6-15(7-5-14)16-8-10-18(20(24)12-16)22(26,27)28-17-9-11-19(23)21(25)13-17/h4-13H,2-3H2,1H3. The van der Waals surface area contributed by atoms with Crippen LogP contribution in [-0.2, 0) is 12.5 Å². The van der Waals surface area contributed by atoms with Crippen LogP contribution < -0.4 is 4.74 Å². The lowest BCUT2D eigenvalue weighted by molar-refractivity contribution is -0.187. The van der Waals surface area contributed by atoms with Crippen molar-refractivity contribution >= 4 is 0 Å². The first kappa shape index (κ1) is 19.9. The Kier molecular flexibility index (Phi) is 5.68. The summed E-state index contributed by atoms with van der Waals surface area (Å²) in [6.45, 7) is 2.06. The van der Waals surface area contributed by atoms with E-state index in [9.17, 15) is 22.0 Å². The van der Waals surface area contributed by atoms with Gasteiger partial charge in [0, 0.05) is 6.07 Å². The second-order valence-electron chi connectivity index (χ2n) is 6.34. The molecule has 0 N–H and O–H groups in total. The molecule has 3 rings (SSSR count). The Morgan fingerprint density at radius 1 is 0.750 bits per heavy atom. The van der Waals surface area contributed by atoms with Gasteiger partial charge < -0.3 is 4.74 Å². The fourth-order valence-electron chi connectivity index (χ4n) is 2.83. The van der Waals surface area contributed by atoms with Crippen molar-refractivity contribution in [1.29, 1.82) is 0 Å². The zero-order chi connectivity index (χ0) is 20.3. The van der Waals surface area contributed by atoms with Gasteiger partial charge in [0.2, 0.25) is 0 Å². The van der Waals surface area contributed by atoms with E-state index >= 15 is 0 Å². The van der Waals surface area contributed by atoms with Crippen molar-refractivity contribution in [3.8, 4) is 16.9 Å². The van der Waals surface area contributed by atoms with Crippen LogP contribution in [0.4, 0.5) is 22.0 Å². The molecule has 0 atom stereocenters. The molecule has 0 fully saturated rings. The van der Waals surface area contributed by atoms with Gasteiger partial charge in [-0.25, -0.2) is 13.2 Å². The molecule has 0 aromatic heterocycles. The van der Waals surface area contributed by atoms with Crippen LogP contribution in [0.15, 0.2) is 60.7 Å². The van der Waals surface area contributed by atoms with Crippen LogP contribution in [0.2, 0.25) is 0 Å². The minimum Gasteiger partial charge on any atom is -0.429 e. The summed E-state index contributed by atoms with van der Waals surface area (Å²) in [5.41, 5.74) is 1.27. The summed E-state index contributed by atoms with van der Waals surface area (Å²) in [6.07, 6.45) is -2.14. The third-order valence-corrected chi connectivity index (χ3v) is 4.25. The van der Waals surface area contributed by atoms with Gasteiger partial charge in [0.1, 0.15) is 11.6 Å². The summed E-state index contributed by atoms with van der Waals surface area (Å²) >= 11 is 0. The second-order valence-corrected chi connectivity index (χ2v) is 6.34. The van der Waals surface area contributed by atoms with Crippen LogP contribution in [-0.4, -0.2) is 0 Å². The van der Waals surface area contributed by atoms with Crippen LogP contribution in [0.25, 0.3) is 11.1 Å².